The Balaban J connectivity index is 0.000000102. The molecule has 19 nitrogen and oxygen atoms in total. The molecule has 7 atom stereocenters. The van der Waals surface area contributed by atoms with Crippen molar-refractivity contribution in [2.45, 2.75) is 163 Å². The van der Waals surface area contributed by atoms with Crippen LogP contribution in [0.25, 0.3) is 55.6 Å². The molecule has 9 heterocycles. The van der Waals surface area contributed by atoms with Gasteiger partial charge in [0.25, 0.3) is 0 Å². The molecular formula is C87H85N13O6. The Morgan fingerprint density at radius 1 is 0.358 bits per heavy atom. The van der Waals surface area contributed by atoms with Crippen LogP contribution in [0.2, 0.25) is 0 Å². The van der Waals surface area contributed by atoms with E-state index in [9.17, 15) is 15.0 Å². The Morgan fingerprint density at radius 3 is 1.13 bits per heavy atom. The van der Waals surface area contributed by atoms with Crippen LogP contribution in [-0.2, 0) is 59.2 Å². The molecule has 5 aliphatic carbocycles. The molecule has 5 aliphatic heterocycles. The van der Waals surface area contributed by atoms with Crippen LogP contribution in [0.15, 0.2) is 221 Å². The summed E-state index contributed by atoms with van der Waals surface area (Å²) in [5.74, 6) is 1.99. The molecule has 10 aliphatic rings. The van der Waals surface area contributed by atoms with Crippen LogP contribution in [-0.4, -0.2) is 134 Å². The van der Waals surface area contributed by atoms with Gasteiger partial charge in [0, 0.05) is 98.2 Å². The number of aliphatic imine (C=N–C) groups is 5. The monoisotopic (exact) mass is 1410 g/mol. The first-order valence-corrected chi connectivity index (χ1v) is 37.0. The van der Waals surface area contributed by atoms with Gasteiger partial charge in [-0.25, -0.2) is 54.8 Å². The number of aliphatic hydroxyl groups is 2. The van der Waals surface area contributed by atoms with E-state index in [4.69, 9.17) is 24.2 Å². The Bertz CT molecular complexity index is 4820. The SMILES string of the molecule is C1=NC2(CC1)CCc1c(cccc1-c1ccccc1)C2.C1=NC2(CC1)CCc1c(cccc1-c1cncnc1)C2.CC1=N[C@@]2(CCc3c(-c4cncnc4)cccc3C2O)CO1.CC1=N[C@@]2(CCc3c(cccc3-c3cncnc3)C2=O)CO1.CC1=N[C@]2(CCc3c(-c4cncnc4)cccc3C2O)CO1. The van der Waals surface area contributed by atoms with Gasteiger partial charge in [0.15, 0.2) is 29.0 Å². The van der Waals surface area contributed by atoms with E-state index in [0.29, 0.717) is 43.9 Å². The number of nitrogens with zero attached hydrogens (tertiary/aromatic N) is 13. The van der Waals surface area contributed by atoms with Gasteiger partial charge >= 0.3 is 0 Å². The lowest BCUT2D eigenvalue weighted by Gasteiger charge is -2.36. The molecular weight excluding hydrogens is 1320 g/mol. The second-order valence-corrected chi connectivity index (χ2v) is 29.5. The highest BCUT2D eigenvalue weighted by Crippen LogP contribution is 2.49. The van der Waals surface area contributed by atoms with E-state index in [1.807, 2.05) is 68.7 Å². The van der Waals surface area contributed by atoms with Crippen molar-refractivity contribution in [1.82, 2.24) is 39.9 Å². The van der Waals surface area contributed by atoms with E-state index in [-0.39, 0.29) is 16.9 Å². The largest absolute Gasteiger partial charge is 0.479 e. The number of carbonyl (C=O) groups is 1. The fraction of sp³-hybridized carbons (Fsp3) is 0.333. The van der Waals surface area contributed by atoms with E-state index in [2.05, 4.69) is 146 Å². The number of aromatic nitrogens is 8. The minimum atomic E-state index is -0.719. The number of aliphatic hydroxyl groups excluding tert-OH is 2. The maximum Gasteiger partial charge on any atom is 0.194 e. The average molecular weight is 1410 g/mol. The number of hydrogen-bond donors (Lipinski definition) is 2. The van der Waals surface area contributed by atoms with E-state index >= 15 is 0 Å². The maximum atomic E-state index is 13.0. The molecule has 20 rings (SSSR count). The maximum absolute atomic E-state index is 13.0. The lowest BCUT2D eigenvalue weighted by atomic mass is 9.74. The van der Waals surface area contributed by atoms with Gasteiger partial charge < -0.3 is 24.4 Å². The van der Waals surface area contributed by atoms with E-state index in [1.54, 1.807) is 56.0 Å². The molecule has 534 valence electrons. The first-order chi connectivity index (χ1) is 51.8. The van der Waals surface area contributed by atoms with Gasteiger partial charge in [-0.15, -0.1) is 0 Å². The number of rotatable bonds is 5. The Hall–Kier alpha value is -11.0. The Morgan fingerprint density at radius 2 is 0.726 bits per heavy atom. The number of ketones is 1. The predicted octanol–water partition coefficient (Wildman–Crippen LogP) is 14.8. The average Bonchev–Trinajstić information content (AvgIpc) is 1.48. The van der Waals surface area contributed by atoms with E-state index < -0.39 is 28.8 Å². The number of ether oxygens (including phenoxy) is 3. The minimum Gasteiger partial charge on any atom is -0.479 e. The summed E-state index contributed by atoms with van der Waals surface area (Å²) in [5.41, 5.74) is 21.9. The van der Waals surface area contributed by atoms with Gasteiger partial charge in [0.05, 0.1) is 11.1 Å². The van der Waals surface area contributed by atoms with Crippen LogP contribution >= 0.6 is 0 Å². The topological polar surface area (TPSA) is 250 Å². The summed E-state index contributed by atoms with van der Waals surface area (Å²) in [6, 6.07) is 42.0. The smallest absolute Gasteiger partial charge is 0.194 e. The van der Waals surface area contributed by atoms with Crippen molar-refractivity contribution in [3.63, 3.8) is 0 Å². The van der Waals surface area contributed by atoms with Gasteiger partial charge in [0.2, 0.25) is 0 Å². The first kappa shape index (κ1) is 69.4. The number of carbonyl (C=O) groups excluding carboxylic acids is 1. The number of hydrogen-bond acceptors (Lipinski definition) is 19. The van der Waals surface area contributed by atoms with Gasteiger partial charge in [-0.05, 0) is 199 Å². The van der Waals surface area contributed by atoms with E-state index in [1.165, 1.54) is 78.0 Å². The zero-order valence-corrected chi connectivity index (χ0v) is 60.1. The van der Waals surface area contributed by atoms with Crippen molar-refractivity contribution < 1.29 is 29.2 Å². The number of Topliss-reactive ketones (excluding diaryl/α,β-unsaturated/α-hetero) is 1. The molecule has 0 bridgehead atoms. The predicted molar refractivity (Wildman–Crippen MR) is 411 cm³/mol. The fourth-order valence-electron chi connectivity index (χ4n) is 17.6. The molecule has 10 aromatic rings. The summed E-state index contributed by atoms with van der Waals surface area (Å²) >= 11 is 0. The lowest BCUT2D eigenvalue weighted by Crippen LogP contribution is -2.42. The quantitative estimate of drug-likeness (QED) is 0.163. The third-order valence-corrected chi connectivity index (χ3v) is 23.0. The van der Waals surface area contributed by atoms with Crippen molar-refractivity contribution in [3.8, 4) is 55.6 Å². The second kappa shape index (κ2) is 29.5. The molecule has 19 heteroatoms. The summed E-state index contributed by atoms with van der Waals surface area (Å²) in [6.45, 7) is 6.75. The van der Waals surface area contributed by atoms with E-state index in [0.717, 1.165) is 143 Å². The Labute approximate surface area is 617 Å². The zero-order valence-electron chi connectivity index (χ0n) is 60.1. The molecule has 2 N–H and O–H groups in total. The van der Waals surface area contributed by atoms with Crippen molar-refractivity contribution >= 4 is 35.9 Å². The molecule has 0 radical (unpaired) electrons. The molecule has 6 aromatic carbocycles. The highest BCUT2D eigenvalue weighted by Gasteiger charge is 2.50. The van der Waals surface area contributed by atoms with Gasteiger partial charge in [0.1, 0.15) is 68.4 Å². The summed E-state index contributed by atoms with van der Waals surface area (Å²) in [4.78, 5) is 69.0. The third-order valence-electron chi connectivity index (χ3n) is 23.0. The molecule has 4 aromatic heterocycles. The van der Waals surface area contributed by atoms with Crippen molar-refractivity contribution in [2.24, 2.45) is 25.0 Å². The molecule has 0 saturated heterocycles. The van der Waals surface area contributed by atoms with Crippen LogP contribution in [0.4, 0.5) is 0 Å². The van der Waals surface area contributed by atoms with Gasteiger partial charge in [-0.1, -0.05) is 121 Å². The normalized spacial score (nSPS) is 24.8. The number of fused-ring (bicyclic) bond motifs is 5. The standard InChI is InChI=1S/C19H19N.2C17H17N3O2.C17H15N3O2.C17H17N3/c1-2-6-15(7-3-1)17-9-4-8-16-14-19(11-5-13-20-19)12-10-18(16)17;3*1-11-20-17(9-22-11)6-5-14-13(12-7-18-10-19-8-12)3-2-4-15(14)16(17)21;1-3-13-9-17(6-2-8-20-17)7-5-16(13)15(4-1)14-10-18-12-19-11-14/h1-4,6-9,13H,5,10-12,14H2;2*2-4,7-8,10,16,21H,5-6,9H2,1H3;2-4,7-8,10H,5-6,9H2,1H3;1,3-4,8,10-12H,2,5-7,9H2/t;2*16?,17-;17-;/m.100./s1. The zero-order chi connectivity index (χ0) is 72.3. The van der Waals surface area contributed by atoms with Crippen molar-refractivity contribution in [1.29, 1.82) is 0 Å². The van der Waals surface area contributed by atoms with Crippen LogP contribution in [0.5, 0.6) is 0 Å². The van der Waals surface area contributed by atoms with Crippen LogP contribution < -0.4 is 0 Å². The fourth-order valence-corrected chi connectivity index (χ4v) is 17.6. The molecule has 106 heavy (non-hydrogen) atoms. The van der Waals surface area contributed by atoms with Crippen LogP contribution in [0.1, 0.15) is 151 Å². The van der Waals surface area contributed by atoms with Gasteiger partial charge in [-0.2, -0.15) is 0 Å². The van der Waals surface area contributed by atoms with Gasteiger partial charge in [-0.3, -0.25) is 14.8 Å². The summed E-state index contributed by atoms with van der Waals surface area (Å²) < 4.78 is 16.5. The number of benzene rings is 6. The van der Waals surface area contributed by atoms with Crippen LogP contribution in [0, 0.1) is 0 Å². The molecule has 4 unspecified atom stereocenters. The summed E-state index contributed by atoms with van der Waals surface area (Å²) in [7, 11) is 0. The minimum absolute atomic E-state index is 0.0595. The first-order valence-electron chi connectivity index (χ1n) is 37.0. The summed E-state index contributed by atoms with van der Waals surface area (Å²) in [5, 5.41) is 21.8. The van der Waals surface area contributed by atoms with Crippen molar-refractivity contribution in [3.05, 3.63) is 252 Å². The molecule has 0 amide bonds. The van der Waals surface area contributed by atoms with Crippen molar-refractivity contribution in [2.75, 3.05) is 19.8 Å². The van der Waals surface area contributed by atoms with Crippen LogP contribution in [0.3, 0.4) is 0 Å². The summed E-state index contributed by atoms with van der Waals surface area (Å²) in [6.07, 6.45) is 40.1. The third kappa shape index (κ3) is 13.7. The highest BCUT2D eigenvalue weighted by atomic mass is 16.5. The Kier molecular flexibility index (Phi) is 19.3. The highest BCUT2D eigenvalue weighted by molar-refractivity contribution is 6.08. The molecule has 0 saturated carbocycles. The lowest BCUT2D eigenvalue weighted by molar-refractivity contribution is 0.0522. The molecule has 0 fully saturated rings. The molecule has 5 spiro atoms. The second-order valence-electron chi connectivity index (χ2n) is 29.5.